The standard InChI is InChI=1S/C18H19F4N3O2.ClH/c19-13-4-2-1-3-12(13)14-5-6-15(27-14)17(26)24-11-16(18(20,21)22)25-9-7-23-8-10-25;/h1-6,16,23H,7-11H2,(H,24,26);1H. The first-order valence-electron chi connectivity index (χ1n) is 8.50. The van der Waals surface area contributed by atoms with Gasteiger partial charge in [0.25, 0.3) is 5.91 Å². The van der Waals surface area contributed by atoms with E-state index in [0.29, 0.717) is 13.1 Å². The Labute approximate surface area is 165 Å². The van der Waals surface area contributed by atoms with E-state index in [2.05, 4.69) is 10.6 Å². The number of amides is 1. The van der Waals surface area contributed by atoms with Crippen molar-refractivity contribution < 1.29 is 26.8 Å². The number of carbonyl (C=O) groups excluding carboxylic acids is 1. The predicted molar refractivity (Wildman–Crippen MR) is 98.0 cm³/mol. The van der Waals surface area contributed by atoms with Gasteiger partial charge in [0.2, 0.25) is 0 Å². The van der Waals surface area contributed by atoms with Crippen molar-refractivity contribution in [2.45, 2.75) is 12.2 Å². The van der Waals surface area contributed by atoms with E-state index in [1.54, 1.807) is 6.07 Å². The van der Waals surface area contributed by atoms with Crippen LogP contribution in [0.5, 0.6) is 0 Å². The minimum absolute atomic E-state index is 0. The van der Waals surface area contributed by atoms with E-state index in [9.17, 15) is 22.4 Å². The zero-order valence-corrected chi connectivity index (χ0v) is 15.6. The zero-order valence-electron chi connectivity index (χ0n) is 14.8. The average molecular weight is 422 g/mol. The van der Waals surface area contributed by atoms with E-state index in [4.69, 9.17) is 4.42 Å². The molecule has 1 atom stereocenters. The van der Waals surface area contributed by atoms with Crippen LogP contribution in [0.2, 0.25) is 0 Å². The third kappa shape index (κ3) is 5.24. The van der Waals surface area contributed by atoms with Gasteiger partial charge < -0.3 is 15.1 Å². The van der Waals surface area contributed by atoms with Crippen molar-refractivity contribution >= 4 is 18.3 Å². The number of carbonyl (C=O) groups is 1. The van der Waals surface area contributed by atoms with Crippen LogP contribution >= 0.6 is 12.4 Å². The van der Waals surface area contributed by atoms with Crippen molar-refractivity contribution in [1.29, 1.82) is 0 Å². The molecule has 2 aromatic rings. The average Bonchev–Trinajstić information content (AvgIpc) is 3.12. The van der Waals surface area contributed by atoms with Crippen LogP contribution in [0, 0.1) is 5.82 Å². The van der Waals surface area contributed by atoms with Crippen LogP contribution < -0.4 is 10.6 Å². The number of nitrogens with zero attached hydrogens (tertiary/aromatic N) is 1. The highest BCUT2D eigenvalue weighted by Crippen LogP contribution is 2.26. The summed E-state index contributed by atoms with van der Waals surface area (Å²) in [5.41, 5.74) is 0.172. The summed E-state index contributed by atoms with van der Waals surface area (Å²) in [6.45, 7) is 0.837. The normalized spacial score (nSPS) is 16.3. The van der Waals surface area contributed by atoms with E-state index in [-0.39, 0.29) is 42.6 Å². The summed E-state index contributed by atoms with van der Waals surface area (Å²) in [4.78, 5) is 13.5. The molecule has 10 heteroatoms. The van der Waals surface area contributed by atoms with Crippen molar-refractivity contribution in [2.24, 2.45) is 0 Å². The summed E-state index contributed by atoms with van der Waals surface area (Å²) in [6, 6.07) is 6.81. The molecule has 0 bridgehead atoms. The zero-order chi connectivity index (χ0) is 19.4. The molecular formula is C18H20ClF4N3O2. The molecule has 1 aliphatic rings. The van der Waals surface area contributed by atoms with Crippen LogP contribution in [-0.4, -0.2) is 55.7 Å². The number of furan rings is 1. The number of hydrogen-bond donors (Lipinski definition) is 2. The maximum Gasteiger partial charge on any atom is 0.405 e. The van der Waals surface area contributed by atoms with E-state index < -0.39 is 30.5 Å². The molecule has 5 nitrogen and oxygen atoms in total. The predicted octanol–water partition coefficient (Wildman–Crippen LogP) is 3.07. The number of hydrogen-bond acceptors (Lipinski definition) is 4. The summed E-state index contributed by atoms with van der Waals surface area (Å²) in [6.07, 6.45) is -4.47. The van der Waals surface area contributed by atoms with Crippen LogP contribution in [0.15, 0.2) is 40.8 Å². The van der Waals surface area contributed by atoms with Gasteiger partial charge in [0, 0.05) is 32.7 Å². The Morgan fingerprint density at radius 3 is 2.50 bits per heavy atom. The third-order valence-corrected chi connectivity index (χ3v) is 4.40. The largest absolute Gasteiger partial charge is 0.451 e. The van der Waals surface area contributed by atoms with Crippen LogP contribution in [0.3, 0.4) is 0 Å². The molecule has 1 amide bonds. The molecule has 28 heavy (non-hydrogen) atoms. The van der Waals surface area contributed by atoms with E-state index in [0.717, 1.165) is 0 Å². The van der Waals surface area contributed by atoms with Gasteiger partial charge in [-0.2, -0.15) is 13.2 Å². The van der Waals surface area contributed by atoms with E-state index in [1.165, 1.54) is 35.2 Å². The van der Waals surface area contributed by atoms with Gasteiger partial charge >= 0.3 is 6.18 Å². The fourth-order valence-corrected chi connectivity index (χ4v) is 2.99. The number of nitrogens with one attached hydrogen (secondary N) is 2. The topological polar surface area (TPSA) is 57.5 Å². The molecule has 1 aromatic heterocycles. The molecule has 154 valence electrons. The summed E-state index contributed by atoms with van der Waals surface area (Å²) in [5, 5.41) is 5.27. The van der Waals surface area contributed by atoms with Gasteiger partial charge in [0.15, 0.2) is 5.76 Å². The highest BCUT2D eigenvalue weighted by Gasteiger charge is 2.43. The molecular weight excluding hydrogens is 402 g/mol. The number of rotatable bonds is 5. The van der Waals surface area contributed by atoms with E-state index in [1.807, 2.05) is 0 Å². The molecule has 0 saturated carbocycles. The molecule has 0 spiro atoms. The van der Waals surface area contributed by atoms with E-state index >= 15 is 0 Å². The quantitative estimate of drug-likeness (QED) is 0.729. The number of piperazine rings is 1. The van der Waals surface area contributed by atoms with Crippen LogP contribution in [0.25, 0.3) is 11.3 Å². The summed E-state index contributed by atoms with van der Waals surface area (Å²) < 4.78 is 59.1. The molecule has 2 N–H and O–H groups in total. The highest BCUT2D eigenvalue weighted by molar-refractivity contribution is 5.92. The number of benzene rings is 1. The summed E-state index contributed by atoms with van der Waals surface area (Å²) in [5.74, 6) is -1.33. The minimum atomic E-state index is -4.47. The van der Waals surface area contributed by atoms with Crippen molar-refractivity contribution in [3.63, 3.8) is 0 Å². The Morgan fingerprint density at radius 1 is 1.18 bits per heavy atom. The second-order valence-electron chi connectivity index (χ2n) is 6.20. The first-order chi connectivity index (χ1) is 12.9. The maximum atomic E-state index is 13.8. The van der Waals surface area contributed by atoms with Crippen molar-refractivity contribution in [1.82, 2.24) is 15.5 Å². The summed E-state index contributed by atoms with van der Waals surface area (Å²) >= 11 is 0. The third-order valence-electron chi connectivity index (χ3n) is 4.40. The molecule has 1 saturated heterocycles. The molecule has 2 heterocycles. The van der Waals surface area contributed by atoms with Gasteiger partial charge in [-0.15, -0.1) is 12.4 Å². The monoisotopic (exact) mass is 421 g/mol. The van der Waals surface area contributed by atoms with Crippen LogP contribution in [0.4, 0.5) is 17.6 Å². The molecule has 1 fully saturated rings. The van der Waals surface area contributed by atoms with Crippen LogP contribution in [0.1, 0.15) is 10.6 Å². The fraction of sp³-hybridized carbons (Fsp3) is 0.389. The SMILES string of the molecule is Cl.O=C(NCC(N1CCNCC1)C(F)(F)F)c1ccc(-c2ccccc2F)o1. The van der Waals surface area contributed by atoms with Gasteiger partial charge in [-0.1, -0.05) is 12.1 Å². The highest BCUT2D eigenvalue weighted by atomic mass is 35.5. The first-order valence-corrected chi connectivity index (χ1v) is 8.50. The van der Waals surface area contributed by atoms with Gasteiger partial charge in [0.1, 0.15) is 17.6 Å². The van der Waals surface area contributed by atoms with Crippen molar-refractivity contribution in [3.05, 3.63) is 48.0 Å². The molecule has 1 aliphatic heterocycles. The van der Waals surface area contributed by atoms with Crippen molar-refractivity contribution in [3.8, 4) is 11.3 Å². The van der Waals surface area contributed by atoms with Crippen LogP contribution in [-0.2, 0) is 0 Å². The first kappa shape index (κ1) is 22.2. The molecule has 3 rings (SSSR count). The molecule has 1 unspecified atom stereocenters. The Morgan fingerprint density at radius 2 is 1.86 bits per heavy atom. The second kappa shape index (κ2) is 9.40. The Hall–Kier alpha value is -2.10. The minimum Gasteiger partial charge on any atom is -0.451 e. The lowest BCUT2D eigenvalue weighted by Gasteiger charge is -2.35. The van der Waals surface area contributed by atoms with Gasteiger partial charge in [-0.25, -0.2) is 4.39 Å². The smallest absolute Gasteiger partial charge is 0.405 e. The van der Waals surface area contributed by atoms with Crippen molar-refractivity contribution in [2.75, 3.05) is 32.7 Å². The maximum absolute atomic E-state index is 13.8. The number of alkyl halides is 3. The van der Waals surface area contributed by atoms with Gasteiger partial charge in [-0.05, 0) is 24.3 Å². The number of halogens is 5. The summed E-state index contributed by atoms with van der Waals surface area (Å²) in [7, 11) is 0. The molecule has 0 aliphatic carbocycles. The Balaban J connectivity index is 0.00000280. The Kier molecular flexibility index (Phi) is 7.45. The lowest BCUT2D eigenvalue weighted by Crippen LogP contribution is -2.57. The lowest BCUT2D eigenvalue weighted by molar-refractivity contribution is -0.183. The lowest BCUT2D eigenvalue weighted by atomic mass is 10.1. The van der Waals surface area contributed by atoms with Gasteiger partial charge in [-0.3, -0.25) is 9.69 Å². The molecule has 0 radical (unpaired) electrons. The Bertz CT molecular complexity index is 791. The second-order valence-corrected chi connectivity index (χ2v) is 6.20. The molecule has 1 aromatic carbocycles. The fourth-order valence-electron chi connectivity index (χ4n) is 2.99. The van der Waals surface area contributed by atoms with Gasteiger partial charge in [0.05, 0.1) is 5.56 Å².